The van der Waals surface area contributed by atoms with Gasteiger partial charge < -0.3 is 4.57 Å². The summed E-state index contributed by atoms with van der Waals surface area (Å²) in [5.74, 6) is 0. The van der Waals surface area contributed by atoms with Crippen molar-refractivity contribution in [3.63, 3.8) is 0 Å². The summed E-state index contributed by atoms with van der Waals surface area (Å²) in [4.78, 5) is 4.32. The average Bonchev–Trinajstić information content (AvgIpc) is 2.66. The molecule has 16 heavy (non-hydrogen) atoms. The molecule has 0 unspecified atom stereocenters. The number of halogens is 2. The highest BCUT2D eigenvalue weighted by Crippen LogP contribution is 2.26. The van der Waals surface area contributed by atoms with Crippen molar-refractivity contribution in [3.8, 4) is 0 Å². The van der Waals surface area contributed by atoms with Gasteiger partial charge in [-0.15, -0.1) is 0 Å². The molecule has 1 aromatic carbocycles. The normalized spacial score (nSPS) is 11.2. The number of aromatic nitrogens is 1. The van der Waals surface area contributed by atoms with Gasteiger partial charge in [0.25, 0.3) is 0 Å². The summed E-state index contributed by atoms with van der Waals surface area (Å²) in [5, 5.41) is 1.06. The first-order valence-electron chi connectivity index (χ1n) is 4.77. The van der Waals surface area contributed by atoms with Crippen LogP contribution in [0.3, 0.4) is 0 Å². The van der Waals surface area contributed by atoms with Crippen LogP contribution in [0.4, 0.5) is 5.69 Å². The Balaban J connectivity index is 2.24. The van der Waals surface area contributed by atoms with Gasteiger partial charge in [-0.25, -0.2) is 0 Å². The zero-order valence-electron chi connectivity index (χ0n) is 8.69. The van der Waals surface area contributed by atoms with Crippen LogP contribution in [-0.4, -0.2) is 10.8 Å². The molecule has 0 aliphatic heterocycles. The third kappa shape index (κ3) is 2.46. The molecule has 0 radical (unpaired) electrons. The molecule has 2 nitrogen and oxygen atoms in total. The van der Waals surface area contributed by atoms with Gasteiger partial charge in [0.2, 0.25) is 0 Å². The maximum atomic E-state index is 5.89. The van der Waals surface area contributed by atoms with Gasteiger partial charge in [-0.1, -0.05) is 23.2 Å². The summed E-state index contributed by atoms with van der Waals surface area (Å²) in [6.07, 6.45) is 3.76. The quantitative estimate of drug-likeness (QED) is 0.717. The van der Waals surface area contributed by atoms with Gasteiger partial charge in [-0.05, 0) is 30.3 Å². The Bertz CT molecular complexity index is 530. The summed E-state index contributed by atoms with van der Waals surface area (Å²) in [6, 6.07) is 9.26. The molecule has 0 atom stereocenters. The molecule has 1 aromatic heterocycles. The van der Waals surface area contributed by atoms with Crippen LogP contribution in [0.25, 0.3) is 0 Å². The van der Waals surface area contributed by atoms with E-state index in [1.54, 1.807) is 18.3 Å². The van der Waals surface area contributed by atoms with Crippen molar-refractivity contribution in [1.29, 1.82) is 0 Å². The van der Waals surface area contributed by atoms with Gasteiger partial charge in [0, 0.05) is 13.2 Å². The van der Waals surface area contributed by atoms with Crippen molar-refractivity contribution in [3.05, 3.63) is 52.3 Å². The number of hydrogen-bond donors (Lipinski definition) is 0. The van der Waals surface area contributed by atoms with E-state index in [9.17, 15) is 0 Å². The van der Waals surface area contributed by atoms with E-state index in [2.05, 4.69) is 4.99 Å². The molecule has 0 aliphatic carbocycles. The highest BCUT2D eigenvalue weighted by molar-refractivity contribution is 6.42. The minimum atomic E-state index is 0.517. The minimum Gasteiger partial charge on any atom is -0.350 e. The first-order valence-corrected chi connectivity index (χ1v) is 5.53. The number of benzene rings is 1. The predicted octanol–water partition coefficient (Wildman–Crippen LogP) is 4.08. The van der Waals surface area contributed by atoms with Crippen molar-refractivity contribution in [2.45, 2.75) is 0 Å². The van der Waals surface area contributed by atoms with Crippen molar-refractivity contribution < 1.29 is 0 Å². The standard InChI is InChI=1S/C12H10Cl2N2/c1-16-6-2-3-10(16)8-15-9-4-5-11(13)12(14)7-9/h2-8H,1H3. The summed E-state index contributed by atoms with van der Waals surface area (Å²) in [5.41, 5.74) is 1.82. The van der Waals surface area contributed by atoms with Crippen LogP contribution in [0, 0.1) is 0 Å². The van der Waals surface area contributed by atoms with E-state index in [0.29, 0.717) is 10.0 Å². The molecule has 0 saturated heterocycles. The fraction of sp³-hybridized carbons (Fsp3) is 0.0833. The van der Waals surface area contributed by atoms with Gasteiger partial charge in [-0.2, -0.15) is 0 Å². The number of aryl methyl sites for hydroxylation is 1. The molecular formula is C12H10Cl2N2. The van der Waals surface area contributed by atoms with E-state index < -0.39 is 0 Å². The molecule has 0 bridgehead atoms. The molecule has 2 rings (SSSR count). The zero-order chi connectivity index (χ0) is 11.5. The second kappa shape index (κ2) is 4.73. The van der Waals surface area contributed by atoms with Crippen LogP contribution in [0.1, 0.15) is 5.69 Å². The van der Waals surface area contributed by atoms with Gasteiger partial charge in [-0.3, -0.25) is 4.99 Å². The summed E-state index contributed by atoms with van der Waals surface area (Å²) in [6.45, 7) is 0. The lowest BCUT2D eigenvalue weighted by Gasteiger charge is -1.98. The lowest BCUT2D eigenvalue weighted by Crippen LogP contribution is -1.91. The Morgan fingerprint density at radius 1 is 1.19 bits per heavy atom. The van der Waals surface area contributed by atoms with E-state index in [0.717, 1.165) is 11.4 Å². The molecule has 82 valence electrons. The maximum Gasteiger partial charge on any atom is 0.0646 e. The first-order chi connectivity index (χ1) is 7.66. The second-order valence-electron chi connectivity index (χ2n) is 3.40. The zero-order valence-corrected chi connectivity index (χ0v) is 10.2. The summed E-state index contributed by atoms with van der Waals surface area (Å²) in [7, 11) is 1.97. The van der Waals surface area contributed by atoms with Gasteiger partial charge in [0.1, 0.15) is 0 Å². The number of nitrogens with zero attached hydrogens (tertiary/aromatic N) is 2. The SMILES string of the molecule is Cn1cccc1C=Nc1ccc(Cl)c(Cl)c1. The highest BCUT2D eigenvalue weighted by Gasteiger charge is 1.98. The first kappa shape index (κ1) is 11.2. The van der Waals surface area contributed by atoms with Crippen molar-refractivity contribution in [1.82, 2.24) is 4.57 Å². The third-order valence-electron chi connectivity index (χ3n) is 2.23. The monoisotopic (exact) mass is 252 g/mol. The topological polar surface area (TPSA) is 17.3 Å². The Morgan fingerprint density at radius 2 is 2.00 bits per heavy atom. The second-order valence-corrected chi connectivity index (χ2v) is 4.21. The largest absolute Gasteiger partial charge is 0.350 e. The van der Waals surface area contributed by atoms with Crippen LogP contribution in [0.5, 0.6) is 0 Å². The van der Waals surface area contributed by atoms with E-state index in [4.69, 9.17) is 23.2 Å². The van der Waals surface area contributed by atoms with Gasteiger partial charge >= 0.3 is 0 Å². The third-order valence-corrected chi connectivity index (χ3v) is 2.97. The van der Waals surface area contributed by atoms with E-state index in [1.165, 1.54) is 0 Å². The van der Waals surface area contributed by atoms with Crippen LogP contribution in [0.15, 0.2) is 41.5 Å². The molecule has 0 N–H and O–H groups in total. The smallest absolute Gasteiger partial charge is 0.0646 e. The van der Waals surface area contributed by atoms with Gasteiger partial charge in [0.15, 0.2) is 0 Å². The molecule has 0 aliphatic rings. The summed E-state index contributed by atoms with van der Waals surface area (Å²) >= 11 is 11.7. The van der Waals surface area contributed by atoms with E-state index >= 15 is 0 Å². The molecule has 2 aromatic rings. The Hall–Kier alpha value is -1.25. The summed E-state index contributed by atoms with van der Waals surface area (Å²) < 4.78 is 1.99. The minimum absolute atomic E-state index is 0.517. The van der Waals surface area contributed by atoms with E-state index in [1.807, 2.05) is 36.0 Å². The molecule has 4 heteroatoms. The lowest BCUT2D eigenvalue weighted by molar-refractivity contribution is 0.918. The van der Waals surface area contributed by atoms with Crippen LogP contribution >= 0.6 is 23.2 Å². The van der Waals surface area contributed by atoms with Crippen LogP contribution < -0.4 is 0 Å². The molecule has 0 spiro atoms. The van der Waals surface area contributed by atoms with Crippen LogP contribution in [0.2, 0.25) is 10.0 Å². The van der Waals surface area contributed by atoms with Crippen molar-refractivity contribution in [2.75, 3.05) is 0 Å². The molecule has 1 heterocycles. The molecule has 0 fully saturated rings. The fourth-order valence-electron chi connectivity index (χ4n) is 1.31. The number of aliphatic imine (C=N–C) groups is 1. The van der Waals surface area contributed by atoms with Crippen molar-refractivity contribution in [2.24, 2.45) is 12.0 Å². The molecular weight excluding hydrogens is 243 g/mol. The van der Waals surface area contributed by atoms with E-state index in [-0.39, 0.29) is 0 Å². The Labute approximate surface area is 104 Å². The predicted molar refractivity (Wildman–Crippen MR) is 69.1 cm³/mol. The van der Waals surface area contributed by atoms with Crippen molar-refractivity contribution >= 4 is 35.1 Å². The number of hydrogen-bond acceptors (Lipinski definition) is 1. The fourth-order valence-corrected chi connectivity index (χ4v) is 1.61. The lowest BCUT2D eigenvalue weighted by atomic mass is 10.3. The van der Waals surface area contributed by atoms with Crippen LogP contribution in [-0.2, 0) is 7.05 Å². The number of rotatable bonds is 2. The van der Waals surface area contributed by atoms with Gasteiger partial charge in [0.05, 0.1) is 27.6 Å². The Kier molecular flexibility index (Phi) is 3.32. The average molecular weight is 253 g/mol. The Morgan fingerprint density at radius 3 is 2.62 bits per heavy atom. The molecule has 0 amide bonds. The molecule has 0 saturated carbocycles. The maximum absolute atomic E-state index is 5.89. The highest BCUT2D eigenvalue weighted by atomic mass is 35.5.